The van der Waals surface area contributed by atoms with Gasteiger partial charge in [-0.05, 0) is 18.8 Å². The van der Waals surface area contributed by atoms with E-state index < -0.39 is 40.7 Å². The topological polar surface area (TPSA) is 26.0 Å². The standard InChI is InChI=1S/C12H12F5N/c13-7-6(12(18)5-3-1-2-4-5)8(14)10(16)11(17)9(7)15/h5,12H,1-4,18H2. The van der Waals surface area contributed by atoms with E-state index in [-0.39, 0.29) is 5.92 Å². The van der Waals surface area contributed by atoms with Gasteiger partial charge in [0, 0.05) is 11.6 Å². The quantitative estimate of drug-likeness (QED) is 0.494. The van der Waals surface area contributed by atoms with Crippen molar-refractivity contribution >= 4 is 0 Å². The van der Waals surface area contributed by atoms with Crippen LogP contribution in [0.25, 0.3) is 0 Å². The highest BCUT2D eigenvalue weighted by Crippen LogP contribution is 2.37. The smallest absolute Gasteiger partial charge is 0.200 e. The minimum Gasteiger partial charge on any atom is -0.324 e. The van der Waals surface area contributed by atoms with E-state index in [9.17, 15) is 22.0 Å². The number of rotatable bonds is 2. The summed E-state index contributed by atoms with van der Waals surface area (Å²) in [5.74, 6) is -9.88. The third-order valence-corrected chi connectivity index (χ3v) is 3.48. The van der Waals surface area contributed by atoms with Crippen LogP contribution in [-0.2, 0) is 0 Å². The fraction of sp³-hybridized carbons (Fsp3) is 0.500. The Morgan fingerprint density at radius 1 is 0.778 bits per heavy atom. The molecule has 1 aromatic carbocycles. The average molecular weight is 265 g/mol. The number of benzene rings is 1. The molecule has 1 fully saturated rings. The van der Waals surface area contributed by atoms with Crippen molar-refractivity contribution < 1.29 is 22.0 Å². The first-order valence-corrected chi connectivity index (χ1v) is 5.72. The van der Waals surface area contributed by atoms with Crippen LogP contribution in [0.4, 0.5) is 22.0 Å². The van der Waals surface area contributed by atoms with Gasteiger partial charge in [-0.3, -0.25) is 0 Å². The van der Waals surface area contributed by atoms with Gasteiger partial charge in [0.05, 0.1) is 0 Å². The number of hydrogen-bond donors (Lipinski definition) is 1. The normalized spacial score (nSPS) is 18.3. The van der Waals surface area contributed by atoms with Gasteiger partial charge in [-0.15, -0.1) is 0 Å². The first-order valence-electron chi connectivity index (χ1n) is 5.72. The molecular weight excluding hydrogens is 253 g/mol. The van der Waals surface area contributed by atoms with Gasteiger partial charge in [-0.2, -0.15) is 0 Å². The maximum Gasteiger partial charge on any atom is 0.200 e. The van der Waals surface area contributed by atoms with Gasteiger partial charge in [-0.1, -0.05) is 12.8 Å². The van der Waals surface area contributed by atoms with Crippen LogP contribution in [0.15, 0.2) is 0 Å². The lowest BCUT2D eigenvalue weighted by atomic mass is 9.91. The van der Waals surface area contributed by atoms with Crippen molar-refractivity contribution in [2.75, 3.05) is 0 Å². The molecule has 0 radical (unpaired) electrons. The molecule has 2 rings (SSSR count). The molecule has 0 saturated heterocycles. The molecule has 1 aliphatic rings. The molecule has 1 unspecified atom stereocenters. The molecule has 0 aliphatic heterocycles. The molecular formula is C12H12F5N. The largest absolute Gasteiger partial charge is 0.324 e. The predicted octanol–water partition coefficient (Wildman–Crippen LogP) is 3.57. The molecule has 1 atom stereocenters. The van der Waals surface area contributed by atoms with Crippen LogP contribution in [0.3, 0.4) is 0 Å². The summed E-state index contributed by atoms with van der Waals surface area (Å²) in [6.07, 6.45) is 2.99. The lowest BCUT2D eigenvalue weighted by molar-refractivity contribution is 0.344. The van der Waals surface area contributed by atoms with Crippen molar-refractivity contribution in [3.63, 3.8) is 0 Å². The molecule has 1 saturated carbocycles. The summed E-state index contributed by atoms with van der Waals surface area (Å²) >= 11 is 0. The Balaban J connectivity index is 2.49. The van der Waals surface area contributed by atoms with E-state index in [4.69, 9.17) is 5.73 Å². The van der Waals surface area contributed by atoms with Crippen molar-refractivity contribution in [3.8, 4) is 0 Å². The summed E-state index contributed by atoms with van der Waals surface area (Å²) < 4.78 is 65.9. The van der Waals surface area contributed by atoms with Gasteiger partial charge in [0.1, 0.15) is 0 Å². The molecule has 0 spiro atoms. The Morgan fingerprint density at radius 3 is 1.61 bits per heavy atom. The highest BCUT2D eigenvalue weighted by Gasteiger charge is 2.33. The van der Waals surface area contributed by atoms with Crippen LogP contribution >= 0.6 is 0 Å². The Bertz CT molecular complexity index is 439. The SMILES string of the molecule is NC(c1c(F)c(F)c(F)c(F)c1F)C1CCCC1. The van der Waals surface area contributed by atoms with E-state index in [1.807, 2.05) is 0 Å². The van der Waals surface area contributed by atoms with E-state index >= 15 is 0 Å². The summed E-state index contributed by atoms with van der Waals surface area (Å²) in [5, 5.41) is 0. The minimum atomic E-state index is -2.15. The second kappa shape index (κ2) is 4.84. The van der Waals surface area contributed by atoms with Gasteiger partial charge in [0.15, 0.2) is 23.3 Å². The van der Waals surface area contributed by atoms with Crippen LogP contribution in [-0.4, -0.2) is 0 Å². The molecule has 100 valence electrons. The Morgan fingerprint density at radius 2 is 1.17 bits per heavy atom. The van der Waals surface area contributed by atoms with Crippen molar-refractivity contribution in [2.45, 2.75) is 31.7 Å². The molecule has 1 nitrogen and oxygen atoms in total. The molecule has 0 aromatic heterocycles. The zero-order valence-corrected chi connectivity index (χ0v) is 9.45. The van der Waals surface area contributed by atoms with Crippen LogP contribution < -0.4 is 5.73 Å². The van der Waals surface area contributed by atoms with Gasteiger partial charge in [0.25, 0.3) is 0 Å². The number of hydrogen-bond acceptors (Lipinski definition) is 1. The van der Waals surface area contributed by atoms with Crippen LogP contribution in [0, 0.1) is 35.0 Å². The molecule has 6 heteroatoms. The summed E-state index contributed by atoms with van der Waals surface area (Å²) in [4.78, 5) is 0. The van der Waals surface area contributed by atoms with Crippen molar-refractivity contribution in [2.24, 2.45) is 11.7 Å². The third kappa shape index (κ3) is 1.98. The minimum absolute atomic E-state index is 0.238. The van der Waals surface area contributed by atoms with E-state index in [2.05, 4.69) is 0 Å². The zero-order chi connectivity index (χ0) is 13.4. The Hall–Kier alpha value is -1.17. The molecule has 0 bridgehead atoms. The summed E-state index contributed by atoms with van der Waals surface area (Å²) in [7, 11) is 0. The summed E-state index contributed by atoms with van der Waals surface area (Å²) in [5.41, 5.74) is 4.76. The van der Waals surface area contributed by atoms with Crippen molar-refractivity contribution in [1.82, 2.24) is 0 Å². The van der Waals surface area contributed by atoms with Crippen molar-refractivity contribution in [3.05, 3.63) is 34.6 Å². The van der Waals surface area contributed by atoms with Gasteiger partial charge in [-0.25, -0.2) is 22.0 Å². The monoisotopic (exact) mass is 265 g/mol. The van der Waals surface area contributed by atoms with E-state index in [0.29, 0.717) is 12.8 Å². The third-order valence-electron chi connectivity index (χ3n) is 3.48. The summed E-state index contributed by atoms with van der Waals surface area (Å²) in [6.45, 7) is 0. The second-order valence-electron chi connectivity index (χ2n) is 4.55. The molecule has 0 heterocycles. The predicted molar refractivity (Wildman–Crippen MR) is 55.1 cm³/mol. The molecule has 2 N–H and O–H groups in total. The van der Waals surface area contributed by atoms with Gasteiger partial charge < -0.3 is 5.73 Å². The van der Waals surface area contributed by atoms with Gasteiger partial charge in [0.2, 0.25) is 5.82 Å². The zero-order valence-electron chi connectivity index (χ0n) is 9.45. The van der Waals surface area contributed by atoms with Crippen LogP contribution in [0.5, 0.6) is 0 Å². The van der Waals surface area contributed by atoms with E-state index in [1.165, 1.54) is 0 Å². The van der Waals surface area contributed by atoms with E-state index in [1.54, 1.807) is 0 Å². The van der Waals surface area contributed by atoms with Crippen molar-refractivity contribution in [1.29, 1.82) is 0 Å². The highest BCUT2D eigenvalue weighted by atomic mass is 19.2. The number of nitrogens with two attached hydrogens (primary N) is 1. The second-order valence-corrected chi connectivity index (χ2v) is 4.55. The average Bonchev–Trinajstić information content (AvgIpc) is 2.88. The highest BCUT2D eigenvalue weighted by molar-refractivity contribution is 5.27. The molecule has 0 amide bonds. The van der Waals surface area contributed by atoms with Crippen LogP contribution in [0.1, 0.15) is 37.3 Å². The lowest BCUT2D eigenvalue weighted by Gasteiger charge is -2.20. The first-order chi connectivity index (χ1) is 8.45. The Labute approximate surface area is 101 Å². The van der Waals surface area contributed by atoms with Gasteiger partial charge >= 0.3 is 0 Å². The van der Waals surface area contributed by atoms with Crippen LogP contribution in [0.2, 0.25) is 0 Å². The van der Waals surface area contributed by atoms with E-state index in [0.717, 1.165) is 12.8 Å². The lowest BCUT2D eigenvalue weighted by Crippen LogP contribution is -2.24. The molecule has 18 heavy (non-hydrogen) atoms. The fourth-order valence-corrected chi connectivity index (χ4v) is 2.47. The Kier molecular flexibility index (Phi) is 3.56. The molecule has 1 aromatic rings. The fourth-order valence-electron chi connectivity index (χ4n) is 2.47. The first kappa shape index (κ1) is 13.3. The maximum absolute atomic E-state index is 13.5. The molecule has 1 aliphatic carbocycles. The maximum atomic E-state index is 13.5. The number of halogens is 5. The summed E-state index contributed by atoms with van der Waals surface area (Å²) in [6, 6.07) is -1.16.